The molecular formula is C22H26FN3O3. The zero-order chi connectivity index (χ0) is 20.5. The van der Waals surface area contributed by atoms with Gasteiger partial charge in [-0.25, -0.2) is 9.18 Å². The first-order valence-corrected chi connectivity index (χ1v) is 10.4. The smallest absolute Gasteiger partial charge is 0.341 e. The molecule has 1 saturated heterocycles. The van der Waals surface area contributed by atoms with E-state index in [1.165, 1.54) is 16.7 Å². The van der Waals surface area contributed by atoms with E-state index >= 15 is 4.39 Å². The molecule has 0 aromatic carbocycles. The van der Waals surface area contributed by atoms with Crippen molar-refractivity contribution in [1.29, 1.82) is 0 Å². The number of carboxylic acids is 1. The van der Waals surface area contributed by atoms with Crippen molar-refractivity contribution in [1.82, 2.24) is 4.40 Å². The van der Waals surface area contributed by atoms with E-state index in [1.807, 2.05) is 6.92 Å². The maximum Gasteiger partial charge on any atom is 0.341 e. The molecule has 3 fully saturated rings. The first-order valence-electron chi connectivity index (χ1n) is 10.4. The quantitative estimate of drug-likeness (QED) is 0.828. The molecule has 29 heavy (non-hydrogen) atoms. The number of fused-ring (bicyclic) bond motifs is 1. The van der Waals surface area contributed by atoms with Crippen LogP contribution in [0.5, 0.6) is 0 Å². The van der Waals surface area contributed by atoms with Crippen LogP contribution >= 0.6 is 0 Å². The fourth-order valence-electron chi connectivity index (χ4n) is 5.65. The van der Waals surface area contributed by atoms with Crippen LogP contribution in [-0.2, 0) is 0 Å². The van der Waals surface area contributed by atoms with Gasteiger partial charge in [0, 0.05) is 24.5 Å². The van der Waals surface area contributed by atoms with E-state index in [-0.39, 0.29) is 22.9 Å². The molecule has 2 aromatic heterocycles. The van der Waals surface area contributed by atoms with Crippen LogP contribution in [0.3, 0.4) is 0 Å². The number of hydrogen-bond acceptors (Lipinski definition) is 4. The van der Waals surface area contributed by atoms with Crippen molar-refractivity contribution < 1.29 is 14.3 Å². The van der Waals surface area contributed by atoms with Gasteiger partial charge in [-0.05, 0) is 62.1 Å². The second-order valence-electron chi connectivity index (χ2n) is 9.10. The second-order valence-corrected chi connectivity index (χ2v) is 9.10. The molecule has 1 unspecified atom stereocenters. The largest absolute Gasteiger partial charge is 0.477 e. The third-order valence-electron chi connectivity index (χ3n) is 7.37. The van der Waals surface area contributed by atoms with Gasteiger partial charge in [0.05, 0.1) is 17.4 Å². The van der Waals surface area contributed by atoms with Crippen molar-refractivity contribution in [3.63, 3.8) is 0 Å². The van der Waals surface area contributed by atoms with Crippen LogP contribution in [0.4, 0.5) is 10.1 Å². The lowest BCUT2D eigenvalue weighted by atomic mass is 9.82. The minimum Gasteiger partial charge on any atom is -0.477 e. The minimum atomic E-state index is -1.27. The van der Waals surface area contributed by atoms with Gasteiger partial charge in [-0.2, -0.15) is 0 Å². The lowest BCUT2D eigenvalue weighted by Crippen LogP contribution is -2.39. The van der Waals surface area contributed by atoms with Gasteiger partial charge in [0.15, 0.2) is 5.82 Å². The van der Waals surface area contributed by atoms with Crippen LogP contribution in [-0.4, -0.2) is 34.6 Å². The van der Waals surface area contributed by atoms with Crippen molar-refractivity contribution in [2.45, 2.75) is 57.4 Å². The van der Waals surface area contributed by atoms with Crippen molar-refractivity contribution in [3.05, 3.63) is 45.1 Å². The van der Waals surface area contributed by atoms with E-state index in [4.69, 9.17) is 5.73 Å². The number of anilines is 1. The molecule has 0 radical (unpaired) electrons. The Balaban J connectivity index is 1.69. The number of carboxylic acid groups (broad SMARTS) is 1. The van der Waals surface area contributed by atoms with E-state index in [0.29, 0.717) is 16.8 Å². The second kappa shape index (κ2) is 6.29. The number of aryl methyl sites for hydroxylation is 1. The molecule has 1 spiro atoms. The van der Waals surface area contributed by atoms with Crippen molar-refractivity contribution in [2.24, 2.45) is 11.1 Å². The SMILES string of the molecule is Cc1c(N2CCC3(CCC[C@H]3N)C2)c(F)cn2c(=O)c(C(=O)O)cc(C3CC3)c12. The fourth-order valence-corrected chi connectivity index (χ4v) is 5.65. The van der Waals surface area contributed by atoms with Gasteiger partial charge in [0.25, 0.3) is 5.56 Å². The maximum atomic E-state index is 15.3. The summed E-state index contributed by atoms with van der Waals surface area (Å²) in [5.74, 6) is -1.52. The lowest BCUT2D eigenvalue weighted by Gasteiger charge is -2.30. The summed E-state index contributed by atoms with van der Waals surface area (Å²) in [6.45, 7) is 3.33. The van der Waals surface area contributed by atoms with Crippen molar-refractivity contribution in [2.75, 3.05) is 18.0 Å². The highest BCUT2D eigenvalue weighted by Crippen LogP contribution is 2.48. The van der Waals surface area contributed by atoms with E-state index in [9.17, 15) is 14.7 Å². The van der Waals surface area contributed by atoms with E-state index in [1.54, 1.807) is 0 Å². The summed E-state index contributed by atoms with van der Waals surface area (Å²) in [7, 11) is 0. The third kappa shape index (κ3) is 2.70. The number of nitrogens with two attached hydrogens (primary N) is 1. The van der Waals surface area contributed by atoms with Crippen LogP contribution < -0.4 is 16.2 Å². The highest BCUT2D eigenvalue weighted by molar-refractivity contribution is 5.89. The van der Waals surface area contributed by atoms with Gasteiger partial charge in [0.2, 0.25) is 0 Å². The van der Waals surface area contributed by atoms with Crippen LogP contribution in [0.15, 0.2) is 17.1 Å². The Bertz CT molecular complexity index is 1090. The summed E-state index contributed by atoms with van der Waals surface area (Å²) >= 11 is 0. The number of rotatable bonds is 3. The molecule has 2 aliphatic carbocycles. The summed E-state index contributed by atoms with van der Waals surface area (Å²) in [4.78, 5) is 26.4. The van der Waals surface area contributed by atoms with Gasteiger partial charge in [-0.3, -0.25) is 9.20 Å². The standard InChI is InChI=1S/C22H26FN3O3/c1-12-18-14(13-4-5-13)9-15(21(28)29)20(27)26(18)10-16(23)19(12)25-8-7-22(11-25)6-2-3-17(22)24/h9-10,13,17H,2-8,11,24H2,1H3,(H,28,29)/t17-,22?/m1/s1. The Labute approximate surface area is 168 Å². The maximum absolute atomic E-state index is 15.3. The molecule has 154 valence electrons. The Morgan fingerprint density at radius 1 is 1.31 bits per heavy atom. The molecule has 1 aliphatic heterocycles. The Kier molecular flexibility index (Phi) is 4.04. The first-order chi connectivity index (χ1) is 13.8. The van der Waals surface area contributed by atoms with Gasteiger partial charge < -0.3 is 15.7 Å². The Morgan fingerprint density at radius 3 is 2.69 bits per heavy atom. The van der Waals surface area contributed by atoms with Crippen molar-refractivity contribution >= 4 is 17.2 Å². The van der Waals surface area contributed by atoms with Crippen LogP contribution in [0.1, 0.15) is 65.9 Å². The minimum absolute atomic E-state index is 0.0527. The predicted molar refractivity (Wildman–Crippen MR) is 108 cm³/mol. The third-order valence-corrected chi connectivity index (χ3v) is 7.37. The normalized spacial score (nSPS) is 26.7. The number of aromatic nitrogens is 1. The molecule has 3 aliphatic rings. The average molecular weight is 399 g/mol. The number of hydrogen-bond donors (Lipinski definition) is 2. The number of halogens is 1. The molecule has 7 heteroatoms. The molecular weight excluding hydrogens is 373 g/mol. The highest BCUT2D eigenvalue weighted by atomic mass is 19.1. The molecule has 2 aromatic rings. The average Bonchev–Trinajstić information content (AvgIpc) is 3.34. The van der Waals surface area contributed by atoms with Gasteiger partial charge >= 0.3 is 5.97 Å². The number of carbonyl (C=O) groups is 1. The first kappa shape index (κ1) is 18.6. The molecule has 5 rings (SSSR count). The summed E-state index contributed by atoms with van der Waals surface area (Å²) < 4.78 is 16.5. The van der Waals surface area contributed by atoms with E-state index in [0.717, 1.165) is 57.2 Å². The molecule has 2 atom stereocenters. The van der Waals surface area contributed by atoms with E-state index < -0.39 is 17.3 Å². The monoisotopic (exact) mass is 399 g/mol. The Morgan fingerprint density at radius 2 is 2.07 bits per heavy atom. The number of pyridine rings is 2. The molecule has 3 N–H and O–H groups in total. The summed E-state index contributed by atoms with van der Waals surface area (Å²) in [6.07, 6.45) is 7.27. The van der Waals surface area contributed by atoms with E-state index in [2.05, 4.69) is 4.90 Å². The summed E-state index contributed by atoms with van der Waals surface area (Å²) in [6, 6.07) is 1.66. The molecule has 3 heterocycles. The van der Waals surface area contributed by atoms with Crippen LogP contribution in [0.25, 0.3) is 5.52 Å². The topological polar surface area (TPSA) is 88.0 Å². The highest BCUT2D eigenvalue weighted by Gasteiger charge is 2.46. The van der Waals surface area contributed by atoms with Gasteiger partial charge in [-0.1, -0.05) is 6.42 Å². The number of nitrogens with zero attached hydrogens (tertiary/aromatic N) is 2. The van der Waals surface area contributed by atoms with Crippen LogP contribution in [0, 0.1) is 18.2 Å². The van der Waals surface area contributed by atoms with Gasteiger partial charge in [0.1, 0.15) is 5.56 Å². The zero-order valence-electron chi connectivity index (χ0n) is 16.6. The number of aromatic carboxylic acids is 1. The molecule has 0 amide bonds. The molecule has 0 bridgehead atoms. The zero-order valence-corrected chi connectivity index (χ0v) is 16.6. The summed E-state index contributed by atoms with van der Waals surface area (Å²) in [5, 5.41) is 9.43. The Hall–Kier alpha value is -2.41. The van der Waals surface area contributed by atoms with Gasteiger partial charge in [-0.15, -0.1) is 0 Å². The molecule has 6 nitrogen and oxygen atoms in total. The lowest BCUT2D eigenvalue weighted by molar-refractivity contribution is 0.0694. The predicted octanol–water partition coefficient (Wildman–Crippen LogP) is 3.03. The molecule has 2 saturated carbocycles. The fraction of sp³-hybridized carbons (Fsp3) is 0.545. The summed E-state index contributed by atoms with van der Waals surface area (Å²) in [5.41, 5.74) is 8.22. The van der Waals surface area contributed by atoms with Crippen LogP contribution in [0.2, 0.25) is 0 Å². The van der Waals surface area contributed by atoms with Crippen molar-refractivity contribution in [3.8, 4) is 0 Å².